The molecule has 0 aliphatic carbocycles. The largest absolute Gasteiger partial charge is 0.454 e. The lowest BCUT2D eigenvalue weighted by molar-refractivity contribution is -0.115. The van der Waals surface area contributed by atoms with Gasteiger partial charge in [0.05, 0.1) is 10.8 Å². The van der Waals surface area contributed by atoms with E-state index in [-0.39, 0.29) is 18.5 Å². The number of carbonyl (C=O) groups is 1. The maximum absolute atomic E-state index is 14.0. The van der Waals surface area contributed by atoms with Crippen molar-refractivity contribution in [1.29, 1.82) is 0 Å². The van der Waals surface area contributed by atoms with Gasteiger partial charge in [0.25, 0.3) is 0 Å². The highest BCUT2D eigenvalue weighted by atomic mass is 32.2. The highest BCUT2D eigenvalue weighted by Crippen LogP contribution is 2.34. The van der Waals surface area contributed by atoms with Crippen LogP contribution in [0.3, 0.4) is 0 Å². The van der Waals surface area contributed by atoms with Crippen molar-refractivity contribution in [3.05, 3.63) is 48.3 Å². The molecule has 0 fully saturated rings. The number of rotatable bonds is 5. The van der Waals surface area contributed by atoms with Gasteiger partial charge in [-0.25, -0.2) is 4.39 Å². The third-order valence-electron chi connectivity index (χ3n) is 4.24. The van der Waals surface area contributed by atoms with Gasteiger partial charge in [0.15, 0.2) is 22.5 Å². The first-order valence-corrected chi connectivity index (χ1v) is 9.42. The van der Waals surface area contributed by atoms with Gasteiger partial charge in [-0.3, -0.25) is 4.79 Å². The molecular weight excluding hydrogens is 383 g/mol. The number of carbonyl (C=O) groups excluding carboxylic acids is 1. The molecule has 0 spiro atoms. The van der Waals surface area contributed by atoms with Crippen LogP contribution in [-0.4, -0.2) is 32.7 Å². The standard InChI is InChI=1S/C19H17FN4O3S/c1-11(18(25)21-12-7-8-15-16(9-12)27-10-26-15)28-19-23-22-17(24(19)2)13-5-3-4-6-14(13)20/h3-9,11H,10H2,1-2H3,(H,21,25)/t11-/m1/s1. The van der Waals surface area contributed by atoms with Gasteiger partial charge < -0.3 is 19.4 Å². The Kier molecular flexibility index (Phi) is 4.91. The number of aromatic nitrogens is 3. The Hall–Kier alpha value is -3.07. The minimum absolute atomic E-state index is 0.176. The molecule has 2 heterocycles. The third-order valence-corrected chi connectivity index (χ3v) is 5.38. The second-order valence-electron chi connectivity index (χ2n) is 6.16. The smallest absolute Gasteiger partial charge is 0.237 e. The lowest BCUT2D eigenvalue weighted by Crippen LogP contribution is -2.22. The molecule has 1 atom stereocenters. The fraction of sp³-hybridized carbons (Fsp3) is 0.211. The number of anilines is 1. The van der Waals surface area contributed by atoms with E-state index in [0.717, 1.165) is 0 Å². The Morgan fingerprint density at radius 2 is 2.00 bits per heavy atom. The molecule has 0 bridgehead atoms. The molecular formula is C19H17FN4O3S. The van der Waals surface area contributed by atoms with Crippen LogP contribution in [0, 0.1) is 5.82 Å². The van der Waals surface area contributed by atoms with Crippen LogP contribution in [0.15, 0.2) is 47.6 Å². The third kappa shape index (κ3) is 3.53. The molecule has 9 heteroatoms. The van der Waals surface area contributed by atoms with Gasteiger partial charge >= 0.3 is 0 Å². The summed E-state index contributed by atoms with van der Waals surface area (Å²) in [6.45, 7) is 1.94. The molecule has 7 nitrogen and oxygen atoms in total. The Morgan fingerprint density at radius 1 is 1.21 bits per heavy atom. The Morgan fingerprint density at radius 3 is 2.82 bits per heavy atom. The average molecular weight is 400 g/mol. The van der Waals surface area contributed by atoms with Gasteiger partial charge in [-0.15, -0.1) is 10.2 Å². The SMILES string of the molecule is C[C@@H](Sc1nnc(-c2ccccc2F)n1C)C(=O)Nc1ccc2c(c1)OCO2. The molecule has 1 aromatic heterocycles. The van der Waals surface area contributed by atoms with Gasteiger partial charge in [-0.05, 0) is 31.2 Å². The van der Waals surface area contributed by atoms with E-state index >= 15 is 0 Å². The number of nitrogens with zero attached hydrogens (tertiary/aromatic N) is 3. The van der Waals surface area contributed by atoms with Crippen LogP contribution < -0.4 is 14.8 Å². The van der Waals surface area contributed by atoms with Gasteiger partial charge in [0, 0.05) is 18.8 Å². The van der Waals surface area contributed by atoms with E-state index in [0.29, 0.717) is 33.7 Å². The molecule has 2 aromatic carbocycles. The van der Waals surface area contributed by atoms with E-state index in [2.05, 4.69) is 15.5 Å². The summed E-state index contributed by atoms with van der Waals surface area (Å²) in [5.41, 5.74) is 0.980. The summed E-state index contributed by atoms with van der Waals surface area (Å²) in [6.07, 6.45) is 0. The predicted octanol–water partition coefficient (Wildman–Crippen LogP) is 3.47. The molecule has 1 N–H and O–H groups in total. The first kappa shape index (κ1) is 18.3. The molecule has 3 aromatic rings. The van der Waals surface area contributed by atoms with Crippen molar-refractivity contribution < 1.29 is 18.7 Å². The lowest BCUT2D eigenvalue weighted by Gasteiger charge is -2.12. The number of hydrogen-bond acceptors (Lipinski definition) is 6. The zero-order valence-corrected chi connectivity index (χ0v) is 16.0. The average Bonchev–Trinajstić information content (AvgIpc) is 3.29. The van der Waals surface area contributed by atoms with E-state index in [4.69, 9.17) is 9.47 Å². The van der Waals surface area contributed by atoms with E-state index in [1.165, 1.54) is 17.8 Å². The Balaban J connectivity index is 1.46. The van der Waals surface area contributed by atoms with E-state index in [1.54, 1.807) is 54.9 Å². The summed E-state index contributed by atoms with van der Waals surface area (Å²) in [5.74, 6) is 1.09. The zero-order chi connectivity index (χ0) is 19.7. The monoisotopic (exact) mass is 400 g/mol. The van der Waals surface area contributed by atoms with Crippen molar-refractivity contribution in [2.75, 3.05) is 12.1 Å². The topological polar surface area (TPSA) is 78.3 Å². The number of amides is 1. The Labute approximate surface area is 164 Å². The predicted molar refractivity (Wildman–Crippen MR) is 103 cm³/mol. The normalized spacial score (nSPS) is 13.4. The molecule has 0 radical (unpaired) electrons. The van der Waals surface area contributed by atoms with E-state index in [9.17, 15) is 9.18 Å². The van der Waals surface area contributed by atoms with E-state index < -0.39 is 5.25 Å². The van der Waals surface area contributed by atoms with Crippen LogP contribution in [0.1, 0.15) is 6.92 Å². The zero-order valence-electron chi connectivity index (χ0n) is 15.2. The van der Waals surface area contributed by atoms with Crippen LogP contribution in [0.2, 0.25) is 0 Å². The first-order valence-electron chi connectivity index (χ1n) is 8.54. The molecule has 1 amide bonds. The summed E-state index contributed by atoms with van der Waals surface area (Å²) in [4.78, 5) is 12.5. The van der Waals surface area contributed by atoms with Crippen molar-refractivity contribution >= 4 is 23.4 Å². The van der Waals surface area contributed by atoms with Gasteiger partial charge in [0.1, 0.15) is 5.82 Å². The highest BCUT2D eigenvalue weighted by molar-refractivity contribution is 8.00. The molecule has 0 saturated carbocycles. The van der Waals surface area contributed by atoms with Crippen molar-refractivity contribution in [3.63, 3.8) is 0 Å². The van der Waals surface area contributed by atoms with Gasteiger partial charge in [-0.1, -0.05) is 23.9 Å². The van der Waals surface area contributed by atoms with E-state index in [1.807, 2.05) is 0 Å². The van der Waals surface area contributed by atoms with Crippen LogP contribution >= 0.6 is 11.8 Å². The summed E-state index contributed by atoms with van der Waals surface area (Å²) in [5, 5.41) is 11.1. The fourth-order valence-corrected chi connectivity index (χ4v) is 3.54. The summed E-state index contributed by atoms with van der Waals surface area (Å²) in [6, 6.07) is 11.6. The second-order valence-corrected chi connectivity index (χ2v) is 7.47. The number of ether oxygens (including phenoxy) is 2. The molecule has 144 valence electrons. The first-order chi connectivity index (χ1) is 13.5. The van der Waals surface area contributed by atoms with Crippen LogP contribution in [0.25, 0.3) is 11.4 Å². The Bertz CT molecular complexity index is 1040. The maximum atomic E-state index is 14.0. The van der Waals surface area contributed by atoms with Crippen molar-refractivity contribution in [1.82, 2.24) is 14.8 Å². The van der Waals surface area contributed by atoms with Crippen LogP contribution in [-0.2, 0) is 11.8 Å². The number of fused-ring (bicyclic) bond motifs is 1. The maximum Gasteiger partial charge on any atom is 0.237 e. The molecule has 28 heavy (non-hydrogen) atoms. The van der Waals surface area contributed by atoms with Crippen molar-refractivity contribution in [3.8, 4) is 22.9 Å². The molecule has 1 aliphatic heterocycles. The highest BCUT2D eigenvalue weighted by Gasteiger charge is 2.21. The second kappa shape index (κ2) is 7.51. The van der Waals surface area contributed by atoms with Crippen molar-refractivity contribution in [2.45, 2.75) is 17.3 Å². The summed E-state index contributed by atoms with van der Waals surface area (Å²) in [7, 11) is 1.74. The minimum Gasteiger partial charge on any atom is -0.454 e. The van der Waals surface area contributed by atoms with Gasteiger partial charge in [0.2, 0.25) is 12.7 Å². The van der Waals surface area contributed by atoms with Crippen LogP contribution in [0.4, 0.5) is 10.1 Å². The summed E-state index contributed by atoms with van der Waals surface area (Å²) < 4.78 is 26.3. The molecule has 0 unspecified atom stereocenters. The number of halogens is 1. The number of hydrogen-bond donors (Lipinski definition) is 1. The molecule has 4 rings (SSSR count). The number of thioether (sulfide) groups is 1. The lowest BCUT2D eigenvalue weighted by atomic mass is 10.2. The van der Waals surface area contributed by atoms with Gasteiger partial charge in [-0.2, -0.15) is 0 Å². The minimum atomic E-state index is -0.443. The fourth-order valence-electron chi connectivity index (χ4n) is 2.72. The quantitative estimate of drug-likeness (QED) is 0.661. The molecule has 1 aliphatic rings. The summed E-state index contributed by atoms with van der Waals surface area (Å²) >= 11 is 1.24. The number of nitrogens with one attached hydrogen (secondary N) is 1. The number of benzene rings is 2. The van der Waals surface area contributed by atoms with Crippen LogP contribution in [0.5, 0.6) is 11.5 Å². The molecule has 0 saturated heterocycles. The van der Waals surface area contributed by atoms with Crippen molar-refractivity contribution in [2.24, 2.45) is 7.05 Å².